The fourth-order valence-electron chi connectivity index (χ4n) is 5.82. The van der Waals surface area contributed by atoms with E-state index in [-0.39, 0.29) is 23.8 Å². The van der Waals surface area contributed by atoms with E-state index in [1.807, 2.05) is 18.2 Å². The molecule has 0 radical (unpaired) electrons. The second-order valence-electron chi connectivity index (χ2n) is 10.5. The van der Waals surface area contributed by atoms with Gasteiger partial charge in [-0.05, 0) is 105 Å². The smallest absolute Gasteiger partial charge is 0.303 e. The highest BCUT2D eigenvalue weighted by molar-refractivity contribution is 5.84. The number of methoxy groups -OCH3 is 1. The van der Waals surface area contributed by atoms with Crippen LogP contribution in [0, 0.1) is 22.9 Å². The second kappa shape index (κ2) is 12.8. The van der Waals surface area contributed by atoms with E-state index >= 15 is 0 Å². The molecule has 0 spiro atoms. The monoisotopic (exact) mass is 546 g/mol. The zero-order valence-corrected chi connectivity index (χ0v) is 22.1. The van der Waals surface area contributed by atoms with Gasteiger partial charge in [-0.2, -0.15) is 0 Å². The molecule has 0 saturated carbocycles. The first-order valence-electron chi connectivity index (χ1n) is 13.3. The van der Waals surface area contributed by atoms with Crippen molar-refractivity contribution in [2.75, 3.05) is 26.7 Å². The average Bonchev–Trinajstić information content (AvgIpc) is 2.91. The number of fused-ring (bicyclic) bond motifs is 1. The zero-order valence-electron chi connectivity index (χ0n) is 22.1. The van der Waals surface area contributed by atoms with Gasteiger partial charge in [-0.1, -0.05) is 0 Å². The van der Waals surface area contributed by atoms with Crippen LogP contribution in [0.25, 0.3) is 10.9 Å². The number of carbonyl (C=O) groups is 1. The standard InChI is InChI=1S/C30H34F4N2O3/c1-39-23-6-7-27-25(16-23)24(21(18-31)19-35-27)5-2-8-30(17-28(37)38)9-12-36(13-10-30)11-3-4-20-14-22(32)15-26(33)29(20)34/h6-7,14-16,19H,2-5,8-13,17-18H2,1H3,(H,37,38). The van der Waals surface area contributed by atoms with Crippen molar-refractivity contribution >= 4 is 16.9 Å². The van der Waals surface area contributed by atoms with Gasteiger partial charge in [0.25, 0.3) is 0 Å². The number of benzene rings is 2. The van der Waals surface area contributed by atoms with Crippen LogP contribution in [0.1, 0.15) is 55.2 Å². The molecule has 5 nitrogen and oxygen atoms in total. The first-order valence-corrected chi connectivity index (χ1v) is 13.3. The molecule has 1 aromatic heterocycles. The normalized spacial score (nSPS) is 15.5. The molecule has 1 fully saturated rings. The Morgan fingerprint density at radius 2 is 1.85 bits per heavy atom. The van der Waals surface area contributed by atoms with Gasteiger partial charge in [0.15, 0.2) is 11.6 Å². The van der Waals surface area contributed by atoms with Crippen molar-refractivity contribution in [1.29, 1.82) is 0 Å². The van der Waals surface area contributed by atoms with Gasteiger partial charge in [0.05, 0.1) is 19.0 Å². The number of aryl methyl sites for hydroxylation is 2. The number of carboxylic acid groups (broad SMARTS) is 1. The number of rotatable bonds is 12. The van der Waals surface area contributed by atoms with Crippen molar-refractivity contribution in [1.82, 2.24) is 9.88 Å². The second-order valence-corrected chi connectivity index (χ2v) is 10.5. The van der Waals surface area contributed by atoms with Gasteiger partial charge in [0.2, 0.25) is 0 Å². The van der Waals surface area contributed by atoms with E-state index in [1.165, 1.54) is 0 Å². The lowest BCUT2D eigenvalue weighted by Gasteiger charge is -2.41. The molecular weight excluding hydrogens is 512 g/mol. The van der Waals surface area contributed by atoms with Crippen molar-refractivity contribution in [3.05, 3.63) is 70.7 Å². The van der Waals surface area contributed by atoms with E-state index in [2.05, 4.69) is 9.88 Å². The van der Waals surface area contributed by atoms with Gasteiger partial charge < -0.3 is 14.7 Å². The maximum atomic E-state index is 13.9. The van der Waals surface area contributed by atoms with E-state index in [9.17, 15) is 27.5 Å². The summed E-state index contributed by atoms with van der Waals surface area (Å²) in [6.45, 7) is 1.39. The lowest BCUT2D eigenvalue weighted by atomic mass is 9.71. The number of ether oxygens (including phenoxy) is 1. The van der Waals surface area contributed by atoms with Crippen LogP contribution in [0.5, 0.6) is 5.75 Å². The number of halogens is 4. The first kappa shape index (κ1) is 28.8. The summed E-state index contributed by atoms with van der Waals surface area (Å²) in [5, 5.41) is 10.5. The quantitative estimate of drug-likeness (QED) is 0.204. The van der Waals surface area contributed by atoms with Gasteiger partial charge in [0.1, 0.15) is 18.2 Å². The highest BCUT2D eigenvalue weighted by Crippen LogP contribution is 2.40. The van der Waals surface area contributed by atoms with E-state index in [4.69, 9.17) is 4.74 Å². The number of aliphatic carboxylic acids is 1. The molecule has 9 heteroatoms. The molecule has 1 aliphatic rings. The number of nitrogens with zero attached hydrogens (tertiary/aromatic N) is 2. The molecule has 0 atom stereocenters. The van der Waals surface area contributed by atoms with E-state index in [0.717, 1.165) is 22.5 Å². The van der Waals surface area contributed by atoms with Crippen LogP contribution in [0.15, 0.2) is 36.5 Å². The third kappa shape index (κ3) is 7.06. The molecule has 1 aliphatic heterocycles. The summed E-state index contributed by atoms with van der Waals surface area (Å²) in [6.07, 6.45) is 5.80. The Kier molecular flexibility index (Phi) is 9.43. The SMILES string of the molecule is COc1ccc2ncc(CF)c(CCCC3(CC(=O)O)CCN(CCCc4cc(F)cc(F)c4F)CC3)c2c1. The topological polar surface area (TPSA) is 62.7 Å². The third-order valence-corrected chi connectivity index (χ3v) is 7.99. The number of aromatic nitrogens is 1. The summed E-state index contributed by atoms with van der Waals surface area (Å²) in [5.74, 6) is -3.15. The molecule has 1 saturated heterocycles. The van der Waals surface area contributed by atoms with Gasteiger partial charge in [-0.3, -0.25) is 9.78 Å². The fourth-order valence-corrected chi connectivity index (χ4v) is 5.82. The molecule has 1 N–H and O–H groups in total. The molecule has 4 rings (SSSR count). The van der Waals surface area contributed by atoms with E-state index in [1.54, 1.807) is 13.3 Å². The Bertz CT molecular complexity index is 1300. The van der Waals surface area contributed by atoms with Gasteiger partial charge in [-0.25, -0.2) is 17.6 Å². The Morgan fingerprint density at radius 1 is 1.08 bits per heavy atom. The highest BCUT2D eigenvalue weighted by Gasteiger charge is 2.36. The van der Waals surface area contributed by atoms with Crippen LogP contribution in [0.2, 0.25) is 0 Å². The van der Waals surface area contributed by atoms with Crippen LogP contribution in [-0.4, -0.2) is 47.7 Å². The Morgan fingerprint density at radius 3 is 2.54 bits per heavy atom. The largest absolute Gasteiger partial charge is 0.497 e. The van der Waals surface area contributed by atoms with E-state index < -0.39 is 30.1 Å². The Balaban J connectivity index is 1.37. The van der Waals surface area contributed by atoms with Crippen LogP contribution < -0.4 is 4.74 Å². The van der Waals surface area contributed by atoms with Crippen LogP contribution in [0.4, 0.5) is 17.6 Å². The zero-order chi connectivity index (χ0) is 28.0. The number of likely N-dealkylation sites (tertiary alicyclic amines) is 1. The molecule has 0 amide bonds. The van der Waals surface area contributed by atoms with Crippen molar-refractivity contribution in [3.8, 4) is 5.75 Å². The minimum atomic E-state index is -1.18. The number of pyridine rings is 1. The summed E-state index contributed by atoms with van der Waals surface area (Å²) in [6, 6.07) is 7.10. The number of hydrogen-bond acceptors (Lipinski definition) is 4. The molecule has 0 unspecified atom stereocenters. The van der Waals surface area contributed by atoms with Crippen LogP contribution in [0.3, 0.4) is 0 Å². The number of alkyl halides is 1. The fraction of sp³-hybridized carbons (Fsp3) is 0.467. The summed E-state index contributed by atoms with van der Waals surface area (Å²) < 4.78 is 60.0. The predicted octanol–water partition coefficient (Wildman–Crippen LogP) is 6.64. The Hall–Kier alpha value is -3.20. The van der Waals surface area contributed by atoms with Gasteiger partial charge in [-0.15, -0.1) is 0 Å². The van der Waals surface area contributed by atoms with Crippen LogP contribution >= 0.6 is 0 Å². The molecule has 2 aromatic carbocycles. The lowest BCUT2D eigenvalue weighted by molar-refractivity contribution is -0.140. The van der Waals surface area contributed by atoms with Crippen molar-refractivity contribution < 1.29 is 32.2 Å². The summed E-state index contributed by atoms with van der Waals surface area (Å²) in [5.41, 5.74) is 1.84. The number of carboxylic acids is 1. The summed E-state index contributed by atoms with van der Waals surface area (Å²) >= 11 is 0. The lowest BCUT2D eigenvalue weighted by Crippen LogP contribution is -2.41. The van der Waals surface area contributed by atoms with Gasteiger partial charge >= 0.3 is 5.97 Å². The van der Waals surface area contributed by atoms with Crippen molar-refractivity contribution in [2.24, 2.45) is 5.41 Å². The van der Waals surface area contributed by atoms with E-state index in [0.29, 0.717) is 75.5 Å². The highest BCUT2D eigenvalue weighted by atomic mass is 19.2. The number of piperidine rings is 1. The first-order chi connectivity index (χ1) is 18.7. The minimum absolute atomic E-state index is 0.0265. The molecule has 0 aliphatic carbocycles. The molecule has 39 heavy (non-hydrogen) atoms. The average molecular weight is 547 g/mol. The maximum absolute atomic E-state index is 13.9. The minimum Gasteiger partial charge on any atom is -0.497 e. The molecule has 2 heterocycles. The predicted molar refractivity (Wildman–Crippen MR) is 141 cm³/mol. The van der Waals surface area contributed by atoms with Crippen molar-refractivity contribution in [2.45, 2.75) is 58.0 Å². The molecular formula is C30H34F4N2O3. The Labute approximate surface area is 225 Å². The summed E-state index contributed by atoms with van der Waals surface area (Å²) in [4.78, 5) is 18.3. The molecule has 210 valence electrons. The van der Waals surface area contributed by atoms with Crippen LogP contribution in [-0.2, 0) is 24.3 Å². The summed E-state index contributed by atoms with van der Waals surface area (Å²) in [7, 11) is 1.58. The van der Waals surface area contributed by atoms with Gasteiger partial charge in [0, 0.05) is 23.2 Å². The number of hydrogen-bond donors (Lipinski definition) is 1. The molecule has 0 bridgehead atoms. The third-order valence-electron chi connectivity index (χ3n) is 7.99. The molecule has 3 aromatic rings. The maximum Gasteiger partial charge on any atom is 0.303 e. The van der Waals surface area contributed by atoms with Crippen molar-refractivity contribution in [3.63, 3.8) is 0 Å².